The highest BCUT2D eigenvalue weighted by molar-refractivity contribution is 7.90. The van der Waals surface area contributed by atoms with E-state index in [0.717, 1.165) is 11.1 Å². The zero-order chi connectivity index (χ0) is 40.4. The van der Waals surface area contributed by atoms with Gasteiger partial charge in [0.2, 0.25) is 11.8 Å². The van der Waals surface area contributed by atoms with Crippen LogP contribution in [0.1, 0.15) is 64.0 Å². The average molecular weight is 835 g/mol. The topological polar surface area (TPSA) is 190 Å². The smallest absolute Gasteiger partial charge is 0.410 e. The third-order valence-electron chi connectivity index (χ3n) is 9.99. The van der Waals surface area contributed by atoms with Crippen LogP contribution in [0.5, 0.6) is 0 Å². The number of fused-ring (bicyclic) bond motifs is 3. The Bertz CT molecular complexity index is 2010. The summed E-state index contributed by atoms with van der Waals surface area (Å²) in [6.07, 6.45) is 2.20. The number of hydrogen-bond donors (Lipinski definition) is 3. The molecule has 1 saturated carbocycles. The number of ether oxygens (including phenoxy) is 3. The molecule has 5 atom stereocenters. The van der Waals surface area contributed by atoms with Crippen LogP contribution in [0.3, 0.4) is 0 Å². The minimum atomic E-state index is -4.37. The van der Waals surface area contributed by atoms with Gasteiger partial charge in [0.15, 0.2) is 0 Å². The quantitative estimate of drug-likeness (QED) is 0.363. The van der Waals surface area contributed by atoms with E-state index in [1.807, 2.05) is 12.1 Å². The van der Waals surface area contributed by atoms with Gasteiger partial charge in [0.25, 0.3) is 15.9 Å². The molecule has 302 valence electrons. The molecule has 2 aromatic carbocycles. The zero-order valence-corrected chi connectivity index (χ0v) is 33.5. The number of rotatable bonds is 5. The van der Waals surface area contributed by atoms with Gasteiger partial charge in [-0.2, -0.15) is 0 Å². The predicted octanol–water partition coefficient (Wildman–Crippen LogP) is 4.45. The maximum absolute atomic E-state index is 14.4. The number of alkyl carbamates (subject to hydrolysis) is 1. The van der Waals surface area contributed by atoms with Crippen molar-refractivity contribution >= 4 is 63.1 Å². The van der Waals surface area contributed by atoms with E-state index >= 15 is 0 Å². The molecule has 18 heteroatoms. The summed E-state index contributed by atoms with van der Waals surface area (Å²) in [5.74, 6) is -2.98. The zero-order valence-electron chi connectivity index (χ0n) is 31.2. The largest absolute Gasteiger partial charge is 0.444 e. The lowest BCUT2D eigenvalue weighted by Gasteiger charge is -2.30. The van der Waals surface area contributed by atoms with E-state index in [2.05, 4.69) is 15.4 Å². The number of allylic oxidation sites excluding steroid dienone is 1. The van der Waals surface area contributed by atoms with Crippen LogP contribution in [0.2, 0.25) is 10.0 Å². The summed E-state index contributed by atoms with van der Waals surface area (Å²) >= 11 is 12.3. The third kappa shape index (κ3) is 9.59. The van der Waals surface area contributed by atoms with Crippen LogP contribution in [0, 0.1) is 5.92 Å². The van der Waals surface area contributed by atoms with E-state index in [4.69, 9.17) is 37.4 Å². The van der Waals surface area contributed by atoms with Crippen molar-refractivity contribution < 1.29 is 46.6 Å². The number of carbonyl (C=O) groups is 5. The standard InChI is InChI=1S/C38H45Cl2N5O10S/c1-37(2,3)55-35(49)41-30-15-17-53-16-6-4-5-9-24-19-38(24,34(48)43-56(51,52)27-13-11-25(39)12-14-27)42-32(46)31-18-26(21-45(31)33(30)47)54-36(50)44-20-23-8-7-10-29(40)28(23)22-44/h5,7-14,24,26,30-31H,4,6,15-22H2,1-3H3,(H,41,49)(H,42,46)(H,43,48)/t24-,26-,30+,31+,38-/m1/s1. The Morgan fingerprint density at radius 1 is 1.04 bits per heavy atom. The minimum absolute atomic E-state index is 0.0347. The van der Waals surface area contributed by atoms with E-state index in [0.29, 0.717) is 29.5 Å². The highest BCUT2D eigenvalue weighted by Gasteiger charge is 2.61. The number of sulfonamides is 1. The molecule has 5 amide bonds. The van der Waals surface area contributed by atoms with Crippen molar-refractivity contribution in [2.75, 3.05) is 19.8 Å². The van der Waals surface area contributed by atoms with Gasteiger partial charge in [-0.15, -0.1) is 0 Å². The first-order valence-corrected chi connectivity index (χ1v) is 20.6. The molecule has 0 bridgehead atoms. The fourth-order valence-corrected chi connectivity index (χ4v) is 8.47. The molecule has 15 nitrogen and oxygen atoms in total. The van der Waals surface area contributed by atoms with Gasteiger partial charge in [-0.05, 0) is 81.5 Å². The van der Waals surface area contributed by atoms with Crippen LogP contribution in [-0.2, 0) is 51.7 Å². The van der Waals surface area contributed by atoms with Crippen molar-refractivity contribution in [3.05, 3.63) is 75.8 Å². The van der Waals surface area contributed by atoms with Crippen LogP contribution in [0.15, 0.2) is 59.5 Å². The van der Waals surface area contributed by atoms with Crippen molar-refractivity contribution in [2.24, 2.45) is 5.92 Å². The predicted molar refractivity (Wildman–Crippen MR) is 204 cm³/mol. The molecule has 0 aromatic heterocycles. The van der Waals surface area contributed by atoms with Crippen molar-refractivity contribution in [1.29, 1.82) is 0 Å². The third-order valence-corrected chi connectivity index (χ3v) is 11.9. The monoisotopic (exact) mass is 833 g/mol. The number of hydrogen-bond acceptors (Lipinski definition) is 10. The molecule has 2 fully saturated rings. The highest BCUT2D eigenvalue weighted by Crippen LogP contribution is 2.46. The van der Waals surface area contributed by atoms with Gasteiger partial charge in [-0.25, -0.2) is 22.7 Å². The van der Waals surface area contributed by atoms with Crippen molar-refractivity contribution in [2.45, 2.75) is 100 Å². The molecule has 0 unspecified atom stereocenters. The number of carbonyl (C=O) groups excluding carboxylic acids is 5. The van der Waals surface area contributed by atoms with Crippen molar-refractivity contribution in [3.8, 4) is 0 Å². The molecular weight excluding hydrogens is 789 g/mol. The van der Waals surface area contributed by atoms with E-state index in [1.54, 1.807) is 39.0 Å². The SMILES string of the molecule is CC(C)(C)OC(=O)N[C@H]1CCOCCCC=C[C@@H]2C[C@@]2(C(=O)NS(=O)(=O)c2ccc(Cl)cc2)NC(=O)[C@@H]2C[C@@H](OC(=O)N3Cc4cccc(Cl)c4C3)CN2C1=O. The second-order valence-electron chi connectivity index (χ2n) is 15.3. The van der Waals surface area contributed by atoms with E-state index < -0.39 is 75.2 Å². The Kier molecular flexibility index (Phi) is 12.2. The van der Waals surface area contributed by atoms with E-state index in [9.17, 15) is 32.4 Å². The molecular formula is C38H45Cl2N5O10S. The Hall–Kier alpha value is -4.38. The number of nitrogens with zero attached hydrogens (tertiary/aromatic N) is 2. The first kappa shape index (κ1) is 41.3. The molecule has 4 aliphatic rings. The van der Waals surface area contributed by atoms with Gasteiger partial charge in [0.1, 0.15) is 29.3 Å². The molecule has 1 aliphatic carbocycles. The van der Waals surface area contributed by atoms with Gasteiger partial charge >= 0.3 is 12.2 Å². The molecule has 6 rings (SSSR count). The lowest BCUT2D eigenvalue weighted by atomic mass is 10.1. The first-order chi connectivity index (χ1) is 26.5. The Labute approximate surface area is 335 Å². The number of benzene rings is 2. The molecule has 3 heterocycles. The second-order valence-corrected chi connectivity index (χ2v) is 17.8. The fourth-order valence-electron chi connectivity index (χ4n) is 7.05. The highest BCUT2D eigenvalue weighted by atomic mass is 35.5. The van der Waals surface area contributed by atoms with Crippen LogP contribution in [0.4, 0.5) is 9.59 Å². The van der Waals surface area contributed by atoms with Crippen LogP contribution in [-0.4, -0.2) is 97.2 Å². The summed E-state index contributed by atoms with van der Waals surface area (Å²) in [6.45, 7) is 5.71. The molecule has 3 aliphatic heterocycles. The maximum Gasteiger partial charge on any atom is 0.410 e. The molecule has 3 N–H and O–H groups in total. The van der Waals surface area contributed by atoms with Crippen molar-refractivity contribution in [3.63, 3.8) is 0 Å². The molecule has 2 aromatic rings. The fraction of sp³-hybridized carbons (Fsp3) is 0.500. The Morgan fingerprint density at radius 2 is 1.79 bits per heavy atom. The van der Waals surface area contributed by atoms with Gasteiger partial charge in [-0.1, -0.05) is 47.5 Å². The molecule has 0 spiro atoms. The number of nitrogens with one attached hydrogen (secondary N) is 3. The lowest BCUT2D eigenvalue weighted by Crippen LogP contribution is -2.58. The number of halogens is 2. The molecule has 1 saturated heterocycles. The van der Waals surface area contributed by atoms with E-state index in [-0.39, 0.29) is 50.4 Å². The summed E-state index contributed by atoms with van der Waals surface area (Å²) < 4.78 is 45.8. The second kappa shape index (κ2) is 16.6. The van der Waals surface area contributed by atoms with Gasteiger partial charge in [-0.3, -0.25) is 19.3 Å². The first-order valence-electron chi connectivity index (χ1n) is 18.4. The maximum atomic E-state index is 14.4. The van der Waals surface area contributed by atoms with Crippen LogP contribution in [0.25, 0.3) is 0 Å². The van der Waals surface area contributed by atoms with E-state index in [1.165, 1.54) is 34.1 Å². The minimum Gasteiger partial charge on any atom is -0.444 e. The van der Waals surface area contributed by atoms with Crippen LogP contribution < -0.4 is 15.4 Å². The summed E-state index contributed by atoms with van der Waals surface area (Å²) in [5, 5.41) is 6.21. The molecule has 0 radical (unpaired) electrons. The number of amides is 5. The van der Waals surface area contributed by atoms with Crippen LogP contribution >= 0.6 is 23.2 Å². The summed E-state index contributed by atoms with van der Waals surface area (Å²) in [6, 6.07) is 8.14. The van der Waals surface area contributed by atoms with Crippen molar-refractivity contribution in [1.82, 2.24) is 25.2 Å². The Balaban J connectivity index is 1.27. The molecule has 56 heavy (non-hydrogen) atoms. The average Bonchev–Trinajstić information content (AvgIpc) is 3.41. The lowest BCUT2D eigenvalue weighted by molar-refractivity contribution is -0.141. The Morgan fingerprint density at radius 3 is 2.50 bits per heavy atom. The normalized spacial score (nSPS) is 25.7. The summed E-state index contributed by atoms with van der Waals surface area (Å²) in [7, 11) is -4.37. The summed E-state index contributed by atoms with van der Waals surface area (Å²) in [4.78, 5) is 71.6. The summed E-state index contributed by atoms with van der Waals surface area (Å²) in [5.41, 5.74) is -0.893. The van der Waals surface area contributed by atoms with Gasteiger partial charge < -0.3 is 29.7 Å². The van der Waals surface area contributed by atoms with Gasteiger partial charge in [0.05, 0.1) is 18.0 Å². The van der Waals surface area contributed by atoms with Gasteiger partial charge in [0, 0.05) is 48.6 Å².